The van der Waals surface area contributed by atoms with Gasteiger partial charge in [-0.1, -0.05) is 17.7 Å². The van der Waals surface area contributed by atoms with Crippen molar-refractivity contribution >= 4 is 23.1 Å². The molecular weight excluding hydrogens is 262 g/mol. The molecule has 4 heteroatoms. The van der Waals surface area contributed by atoms with Crippen LogP contribution in [0.15, 0.2) is 36.4 Å². The molecule has 2 rings (SSSR count). The van der Waals surface area contributed by atoms with Gasteiger partial charge in [0.15, 0.2) is 5.78 Å². The highest BCUT2D eigenvalue weighted by Crippen LogP contribution is 2.27. The smallest absolute Gasteiger partial charge is 0.196 e. The molecule has 0 saturated carbocycles. The zero-order chi connectivity index (χ0) is 14.0. The molecule has 0 aromatic heterocycles. The van der Waals surface area contributed by atoms with Gasteiger partial charge in [-0.25, -0.2) is 0 Å². The second kappa shape index (κ2) is 5.33. The Hall–Kier alpha value is -2.00. The highest BCUT2D eigenvalue weighted by Gasteiger charge is 2.16. The topological polar surface area (TPSA) is 52.3 Å². The average molecular weight is 276 g/mol. The number of halogens is 1. The van der Waals surface area contributed by atoms with Crippen molar-refractivity contribution in [3.05, 3.63) is 58.1 Å². The summed E-state index contributed by atoms with van der Waals surface area (Å²) in [6, 6.07) is 10.3. The van der Waals surface area contributed by atoms with Crippen LogP contribution in [0, 0.1) is 6.92 Å². The number of aryl methyl sites for hydroxylation is 1. The molecular formula is C15H14ClNO2. The third kappa shape index (κ3) is 2.56. The Kier molecular flexibility index (Phi) is 3.76. The zero-order valence-electron chi connectivity index (χ0n) is 10.7. The summed E-state index contributed by atoms with van der Waals surface area (Å²) in [7, 11) is 1.59. The molecule has 2 aromatic rings. The van der Waals surface area contributed by atoms with Gasteiger partial charge in [0.2, 0.25) is 0 Å². The van der Waals surface area contributed by atoms with Crippen molar-refractivity contribution in [2.24, 2.45) is 0 Å². The summed E-state index contributed by atoms with van der Waals surface area (Å²) < 4.78 is 5.17. The van der Waals surface area contributed by atoms with E-state index in [2.05, 4.69) is 0 Å². The van der Waals surface area contributed by atoms with Crippen LogP contribution >= 0.6 is 11.6 Å². The van der Waals surface area contributed by atoms with Crippen LogP contribution in [0.2, 0.25) is 5.02 Å². The maximum absolute atomic E-state index is 12.4. The Morgan fingerprint density at radius 1 is 1.26 bits per heavy atom. The first-order valence-electron chi connectivity index (χ1n) is 5.78. The molecule has 0 aliphatic heterocycles. The lowest BCUT2D eigenvalue weighted by Gasteiger charge is -2.09. The highest BCUT2D eigenvalue weighted by atomic mass is 35.5. The third-order valence-corrected chi connectivity index (χ3v) is 3.24. The minimum atomic E-state index is -0.186. The summed E-state index contributed by atoms with van der Waals surface area (Å²) in [5.74, 6) is 0.553. The fraction of sp³-hybridized carbons (Fsp3) is 0.133. The molecule has 0 bridgehead atoms. The number of carbonyl (C=O) groups is 1. The van der Waals surface area contributed by atoms with E-state index in [9.17, 15) is 4.79 Å². The van der Waals surface area contributed by atoms with E-state index in [4.69, 9.17) is 22.1 Å². The number of nitrogens with two attached hydrogens (primary N) is 1. The summed E-state index contributed by atoms with van der Waals surface area (Å²) in [5, 5.41) is 0.360. The van der Waals surface area contributed by atoms with Gasteiger partial charge in [0, 0.05) is 11.3 Å². The van der Waals surface area contributed by atoms with Gasteiger partial charge in [0.05, 0.1) is 17.7 Å². The minimum absolute atomic E-state index is 0.186. The van der Waals surface area contributed by atoms with Crippen LogP contribution in [0.1, 0.15) is 21.5 Å². The largest absolute Gasteiger partial charge is 0.496 e. The van der Waals surface area contributed by atoms with E-state index in [1.54, 1.807) is 43.5 Å². The molecule has 2 aromatic carbocycles. The van der Waals surface area contributed by atoms with Gasteiger partial charge in [-0.15, -0.1) is 0 Å². The van der Waals surface area contributed by atoms with Crippen molar-refractivity contribution in [1.82, 2.24) is 0 Å². The first kappa shape index (κ1) is 13.4. The Bertz CT molecular complexity index is 618. The van der Waals surface area contributed by atoms with Gasteiger partial charge in [-0.3, -0.25) is 4.79 Å². The van der Waals surface area contributed by atoms with E-state index in [0.29, 0.717) is 21.8 Å². The number of ether oxygens (including phenoxy) is 1. The molecule has 98 valence electrons. The average Bonchev–Trinajstić information content (AvgIpc) is 2.38. The monoisotopic (exact) mass is 275 g/mol. The number of carbonyl (C=O) groups excluding carboxylic acids is 1. The summed E-state index contributed by atoms with van der Waals surface area (Å²) in [6.07, 6.45) is 0. The van der Waals surface area contributed by atoms with Crippen molar-refractivity contribution in [3.63, 3.8) is 0 Å². The fourth-order valence-electron chi connectivity index (χ4n) is 1.94. The maximum Gasteiger partial charge on any atom is 0.196 e. The van der Waals surface area contributed by atoms with E-state index in [1.807, 2.05) is 6.92 Å². The van der Waals surface area contributed by atoms with Crippen molar-refractivity contribution < 1.29 is 9.53 Å². The Morgan fingerprint density at radius 3 is 2.58 bits per heavy atom. The molecule has 0 heterocycles. The molecule has 0 aliphatic rings. The summed E-state index contributed by atoms with van der Waals surface area (Å²) in [5.41, 5.74) is 7.97. The first-order valence-corrected chi connectivity index (χ1v) is 6.15. The van der Waals surface area contributed by atoms with Gasteiger partial charge in [0.1, 0.15) is 5.75 Å². The SMILES string of the molecule is COc1ccc(C(=O)c2c(N)cccc2Cl)cc1C. The van der Waals surface area contributed by atoms with Crippen molar-refractivity contribution in [2.45, 2.75) is 6.92 Å². The Morgan fingerprint density at radius 2 is 2.00 bits per heavy atom. The first-order chi connectivity index (χ1) is 9.04. The van der Waals surface area contributed by atoms with Crippen LogP contribution in [0.5, 0.6) is 5.75 Å². The van der Waals surface area contributed by atoms with E-state index in [-0.39, 0.29) is 5.78 Å². The number of benzene rings is 2. The molecule has 2 N–H and O–H groups in total. The molecule has 3 nitrogen and oxygen atoms in total. The van der Waals surface area contributed by atoms with Gasteiger partial charge in [-0.2, -0.15) is 0 Å². The third-order valence-electron chi connectivity index (χ3n) is 2.93. The lowest BCUT2D eigenvalue weighted by atomic mass is 10.00. The van der Waals surface area contributed by atoms with Crippen molar-refractivity contribution in [2.75, 3.05) is 12.8 Å². The zero-order valence-corrected chi connectivity index (χ0v) is 11.5. The van der Waals surface area contributed by atoms with Crippen LogP contribution in [0.4, 0.5) is 5.69 Å². The maximum atomic E-state index is 12.4. The number of rotatable bonds is 3. The molecule has 0 fully saturated rings. The Labute approximate surface area is 117 Å². The van der Waals surface area contributed by atoms with Gasteiger partial charge in [0.25, 0.3) is 0 Å². The quantitative estimate of drug-likeness (QED) is 0.689. The predicted molar refractivity (Wildman–Crippen MR) is 77.0 cm³/mol. The van der Waals surface area contributed by atoms with E-state index in [0.717, 1.165) is 11.3 Å². The van der Waals surface area contributed by atoms with E-state index >= 15 is 0 Å². The molecule has 19 heavy (non-hydrogen) atoms. The minimum Gasteiger partial charge on any atom is -0.496 e. The molecule has 0 spiro atoms. The summed E-state index contributed by atoms with van der Waals surface area (Å²) in [6.45, 7) is 1.88. The summed E-state index contributed by atoms with van der Waals surface area (Å²) >= 11 is 6.05. The number of ketones is 1. The number of nitrogen functional groups attached to an aromatic ring is 1. The lowest BCUT2D eigenvalue weighted by Crippen LogP contribution is -2.06. The van der Waals surface area contributed by atoms with Crippen molar-refractivity contribution in [3.8, 4) is 5.75 Å². The standard InChI is InChI=1S/C15H14ClNO2/c1-9-8-10(6-7-13(9)19-2)15(18)14-11(16)4-3-5-12(14)17/h3-8H,17H2,1-2H3. The molecule has 0 unspecified atom stereocenters. The highest BCUT2D eigenvalue weighted by molar-refractivity contribution is 6.35. The molecule has 0 aliphatic carbocycles. The lowest BCUT2D eigenvalue weighted by molar-refractivity contribution is 0.103. The van der Waals surface area contributed by atoms with Crippen LogP contribution in [0.3, 0.4) is 0 Å². The van der Waals surface area contributed by atoms with E-state index in [1.165, 1.54) is 0 Å². The summed E-state index contributed by atoms with van der Waals surface area (Å²) in [4.78, 5) is 12.4. The number of anilines is 1. The van der Waals surface area contributed by atoms with E-state index < -0.39 is 0 Å². The number of hydrogen-bond donors (Lipinski definition) is 1. The number of methoxy groups -OCH3 is 1. The van der Waals surface area contributed by atoms with Gasteiger partial charge in [-0.05, 0) is 42.8 Å². The molecule has 0 saturated heterocycles. The fourth-order valence-corrected chi connectivity index (χ4v) is 2.21. The molecule has 0 amide bonds. The second-order valence-corrected chi connectivity index (χ2v) is 4.62. The van der Waals surface area contributed by atoms with Gasteiger partial charge >= 0.3 is 0 Å². The van der Waals surface area contributed by atoms with Crippen LogP contribution in [-0.4, -0.2) is 12.9 Å². The molecule has 0 atom stereocenters. The van der Waals surface area contributed by atoms with Crippen LogP contribution < -0.4 is 10.5 Å². The second-order valence-electron chi connectivity index (χ2n) is 4.22. The predicted octanol–water partition coefficient (Wildman–Crippen LogP) is 3.47. The molecule has 0 radical (unpaired) electrons. The Balaban J connectivity index is 2.48. The van der Waals surface area contributed by atoms with Crippen LogP contribution in [0.25, 0.3) is 0 Å². The number of hydrogen-bond acceptors (Lipinski definition) is 3. The normalized spacial score (nSPS) is 10.3. The van der Waals surface area contributed by atoms with Crippen LogP contribution in [-0.2, 0) is 0 Å². The van der Waals surface area contributed by atoms with Crippen molar-refractivity contribution in [1.29, 1.82) is 0 Å². The van der Waals surface area contributed by atoms with Gasteiger partial charge < -0.3 is 10.5 Å².